The van der Waals surface area contributed by atoms with Crippen LogP contribution in [0, 0.1) is 19.8 Å². The van der Waals surface area contributed by atoms with Gasteiger partial charge < -0.3 is 5.11 Å². The van der Waals surface area contributed by atoms with E-state index >= 15 is 0 Å². The molecule has 1 unspecified atom stereocenters. The van der Waals surface area contributed by atoms with Crippen molar-refractivity contribution < 1.29 is 9.90 Å². The summed E-state index contributed by atoms with van der Waals surface area (Å²) in [4.78, 5) is 16.7. The Balaban J connectivity index is 1.47. The van der Waals surface area contributed by atoms with Crippen LogP contribution in [0.2, 0.25) is 0 Å². The van der Waals surface area contributed by atoms with Gasteiger partial charge in [-0.3, -0.25) is 9.20 Å². The second kappa shape index (κ2) is 7.84. The molecule has 0 aliphatic heterocycles. The van der Waals surface area contributed by atoms with E-state index in [1.807, 2.05) is 19.1 Å². The fourth-order valence-corrected chi connectivity index (χ4v) is 5.43. The average Bonchev–Trinajstić information content (AvgIpc) is 3.37. The van der Waals surface area contributed by atoms with Crippen molar-refractivity contribution in [3.05, 3.63) is 82.7 Å². The highest BCUT2D eigenvalue weighted by atomic mass is 16.4. The summed E-state index contributed by atoms with van der Waals surface area (Å²) in [7, 11) is 0. The van der Waals surface area contributed by atoms with Crippen LogP contribution >= 0.6 is 0 Å². The van der Waals surface area contributed by atoms with Crippen LogP contribution < -0.4 is 0 Å². The average molecular weight is 413 g/mol. The smallest absolute Gasteiger partial charge is 0.311 e. The second-order valence-electron chi connectivity index (χ2n) is 9.01. The number of carbonyl (C=O) groups is 1. The van der Waals surface area contributed by atoms with Gasteiger partial charge in [-0.05, 0) is 73.9 Å². The number of aryl methyl sites for hydroxylation is 2. The molecule has 1 fully saturated rings. The first-order valence-corrected chi connectivity index (χ1v) is 11.2. The monoisotopic (exact) mass is 412 g/mol. The highest BCUT2D eigenvalue weighted by molar-refractivity contribution is 5.89. The van der Waals surface area contributed by atoms with Gasteiger partial charge in [-0.25, -0.2) is 4.98 Å². The lowest BCUT2D eigenvalue weighted by Gasteiger charge is -2.20. The van der Waals surface area contributed by atoms with Crippen LogP contribution in [0.15, 0.2) is 54.6 Å². The van der Waals surface area contributed by atoms with Crippen molar-refractivity contribution in [1.29, 1.82) is 0 Å². The van der Waals surface area contributed by atoms with Gasteiger partial charge in [0.1, 0.15) is 5.65 Å². The normalized spacial score (nSPS) is 15.7. The number of hydrogen-bond acceptors (Lipinski definition) is 2. The summed E-state index contributed by atoms with van der Waals surface area (Å²) in [5, 5.41) is 11.0. The molecule has 4 heteroatoms. The molecule has 158 valence electrons. The van der Waals surface area contributed by atoms with Gasteiger partial charge in [0.15, 0.2) is 0 Å². The van der Waals surface area contributed by atoms with Crippen molar-refractivity contribution in [3.63, 3.8) is 0 Å². The summed E-state index contributed by atoms with van der Waals surface area (Å²) in [5.74, 6) is -0.804. The lowest BCUT2D eigenvalue weighted by atomic mass is 9.84. The maximum absolute atomic E-state index is 11.9. The molecule has 4 nitrogen and oxygen atoms in total. The Morgan fingerprint density at radius 2 is 1.84 bits per heavy atom. The van der Waals surface area contributed by atoms with Crippen LogP contribution in [0.25, 0.3) is 16.6 Å². The molecule has 1 aliphatic rings. The van der Waals surface area contributed by atoms with Gasteiger partial charge in [0.2, 0.25) is 0 Å². The predicted molar refractivity (Wildman–Crippen MR) is 124 cm³/mol. The fourth-order valence-electron chi connectivity index (χ4n) is 5.43. The minimum Gasteiger partial charge on any atom is -0.481 e. The molecule has 5 rings (SSSR count). The van der Waals surface area contributed by atoms with Crippen molar-refractivity contribution in [2.24, 2.45) is 5.92 Å². The first-order chi connectivity index (χ1) is 15.0. The van der Waals surface area contributed by atoms with Crippen LogP contribution in [0.4, 0.5) is 0 Å². The topological polar surface area (TPSA) is 54.6 Å². The molecule has 0 amide bonds. The summed E-state index contributed by atoms with van der Waals surface area (Å²) in [6, 6.07) is 19.0. The van der Waals surface area contributed by atoms with E-state index in [2.05, 4.69) is 53.8 Å². The van der Waals surface area contributed by atoms with Gasteiger partial charge in [-0.2, -0.15) is 0 Å². The van der Waals surface area contributed by atoms with E-state index in [1.165, 1.54) is 27.7 Å². The maximum atomic E-state index is 11.9. The van der Waals surface area contributed by atoms with Crippen molar-refractivity contribution in [2.45, 2.75) is 51.9 Å². The third-order valence-electron chi connectivity index (χ3n) is 6.85. The molecule has 1 atom stereocenters. The summed E-state index contributed by atoms with van der Waals surface area (Å²) in [6.07, 6.45) is 5.16. The highest BCUT2D eigenvalue weighted by Crippen LogP contribution is 2.37. The zero-order chi connectivity index (χ0) is 21.5. The Labute approximate surface area is 182 Å². The van der Waals surface area contributed by atoms with Crippen LogP contribution in [-0.2, 0) is 11.2 Å². The predicted octanol–water partition coefficient (Wildman–Crippen LogP) is 6.05. The first-order valence-electron chi connectivity index (χ1n) is 11.2. The molecular weight excluding hydrogens is 384 g/mol. The Morgan fingerprint density at radius 3 is 2.55 bits per heavy atom. The van der Waals surface area contributed by atoms with Crippen molar-refractivity contribution in [3.8, 4) is 0 Å². The zero-order valence-electron chi connectivity index (χ0n) is 18.1. The molecule has 1 saturated carbocycles. The van der Waals surface area contributed by atoms with Crippen LogP contribution in [-0.4, -0.2) is 20.5 Å². The number of rotatable bonds is 5. The van der Waals surface area contributed by atoms with E-state index in [1.54, 1.807) is 0 Å². The third kappa shape index (κ3) is 3.60. The van der Waals surface area contributed by atoms with Crippen molar-refractivity contribution in [1.82, 2.24) is 9.38 Å². The molecule has 2 aromatic carbocycles. The van der Waals surface area contributed by atoms with E-state index < -0.39 is 5.97 Å². The van der Waals surface area contributed by atoms with Gasteiger partial charge >= 0.3 is 5.97 Å². The molecule has 0 saturated heterocycles. The molecule has 31 heavy (non-hydrogen) atoms. The summed E-state index contributed by atoms with van der Waals surface area (Å²) < 4.78 is 2.22. The second-order valence-corrected chi connectivity index (χ2v) is 9.01. The number of benzene rings is 2. The summed E-state index contributed by atoms with van der Waals surface area (Å²) >= 11 is 0. The zero-order valence-corrected chi connectivity index (χ0v) is 18.1. The number of fused-ring (bicyclic) bond motifs is 3. The first kappa shape index (κ1) is 19.8. The van der Waals surface area contributed by atoms with E-state index in [0.29, 0.717) is 0 Å². The Hall–Kier alpha value is -3.14. The van der Waals surface area contributed by atoms with Gasteiger partial charge in [0.05, 0.1) is 11.4 Å². The molecule has 2 aromatic heterocycles. The largest absolute Gasteiger partial charge is 0.481 e. The maximum Gasteiger partial charge on any atom is 0.311 e. The van der Waals surface area contributed by atoms with E-state index in [0.717, 1.165) is 49.0 Å². The number of carboxylic acids is 1. The van der Waals surface area contributed by atoms with Gasteiger partial charge in [0, 0.05) is 16.8 Å². The lowest BCUT2D eigenvalue weighted by molar-refractivity contribution is -0.140. The molecule has 0 radical (unpaired) electrons. The summed E-state index contributed by atoms with van der Waals surface area (Å²) in [6.45, 7) is 4.15. The van der Waals surface area contributed by atoms with E-state index in [4.69, 9.17) is 4.98 Å². The van der Waals surface area contributed by atoms with Crippen LogP contribution in [0.5, 0.6) is 0 Å². The molecule has 1 aliphatic carbocycles. The number of nitrogens with zero attached hydrogens (tertiary/aromatic N) is 2. The van der Waals surface area contributed by atoms with Gasteiger partial charge in [-0.15, -0.1) is 0 Å². The molecule has 0 bridgehead atoms. The Kier molecular flexibility index (Phi) is 5.01. The molecule has 4 aromatic rings. The quantitative estimate of drug-likeness (QED) is 0.434. The fraction of sp³-hybridized carbons (Fsp3) is 0.333. The lowest BCUT2D eigenvalue weighted by Crippen LogP contribution is -2.19. The number of hydrogen-bond donors (Lipinski definition) is 1. The Morgan fingerprint density at radius 1 is 1.10 bits per heavy atom. The minimum atomic E-state index is -0.692. The Bertz CT molecular complexity index is 1260. The van der Waals surface area contributed by atoms with Crippen LogP contribution in [0.1, 0.15) is 59.7 Å². The van der Waals surface area contributed by atoms with Crippen molar-refractivity contribution >= 4 is 22.5 Å². The van der Waals surface area contributed by atoms with Crippen LogP contribution in [0.3, 0.4) is 0 Å². The molecular formula is C27H28N2O2. The van der Waals surface area contributed by atoms with Gasteiger partial charge in [-0.1, -0.05) is 49.2 Å². The SMILES string of the molecule is Cc1cc(C)n2c(cc3c(Cc4ccc(C(C(=O)O)C5CCCC5)cc4)cccc32)n1. The standard InChI is InChI=1S/C27H28N2O2/c1-17-14-18(2)29-24-9-5-8-22(23(24)16-25(29)28-17)15-19-10-12-21(13-11-19)26(27(30)31)20-6-3-4-7-20/h5,8-14,16,20,26H,3-4,6-7,15H2,1-2H3,(H,30,31). The van der Waals surface area contributed by atoms with Crippen molar-refractivity contribution in [2.75, 3.05) is 0 Å². The molecule has 0 spiro atoms. The highest BCUT2D eigenvalue weighted by Gasteiger charge is 2.31. The number of carboxylic acid groups (broad SMARTS) is 1. The molecule has 1 N–H and O–H groups in total. The third-order valence-corrected chi connectivity index (χ3v) is 6.85. The minimum absolute atomic E-state index is 0.269. The van der Waals surface area contributed by atoms with Gasteiger partial charge in [0.25, 0.3) is 0 Å². The van der Waals surface area contributed by atoms with E-state index in [9.17, 15) is 9.90 Å². The number of aliphatic carboxylic acids is 1. The van der Waals surface area contributed by atoms with E-state index in [-0.39, 0.29) is 11.8 Å². The number of aromatic nitrogens is 2. The summed E-state index contributed by atoms with van der Waals surface area (Å²) in [5.41, 5.74) is 7.77. The molecule has 2 heterocycles.